The fourth-order valence-corrected chi connectivity index (χ4v) is 2.44. The Balaban J connectivity index is 2.43. The van der Waals surface area contributed by atoms with Gasteiger partial charge in [-0.2, -0.15) is 0 Å². The van der Waals surface area contributed by atoms with Crippen molar-refractivity contribution >= 4 is 21.4 Å². The number of sulfonamides is 1. The number of hydrogen-bond donors (Lipinski definition) is 2. The highest BCUT2D eigenvalue weighted by Crippen LogP contribution is 2.22. The molecule has 9 heteroatoms. The summed E-state index contributed by atoms with van der Waals surface area (Å²) in [6.45, 7) is 0. The molecule has 1 aromatic heterocycles. The molecule has 2 aromatic rings. The first-order valence-electron chi connectivity index (χ1n) is 4.92. The summed E-state index contributed by atoms with van der Waals surface area (Å²) in [5.41, 5.74) is 4.80. The second-order valence-corrected chi connectivity index (χ2v) is 5.19. The minimum Gasteiger partial charge on any atom is -0.396 e. The van der Waals surface area contributed by atoms with Gasteiger partial charge in [-0.25, -0.2) is 27.2 Å². The standard InChI is InChI=1S/C10H8F2N4O2S/c11-7-1-8(12)10(2-9(7)13)19(17,18)16-6-3-14-5-15-4-6/h1-5,16H,13H2. The van der Waals surface area contributed by atoms with Crippen LogP contribution in [0.1, 0.15) is 0 Å². The molecule has 0 fully saturated rings. The van der Waals surface area contributed by atoms with E-state index in [1.165, 1.54) is 18.7 Å². The first-order chi connectivity index (χ1) is 8.90. The Hall–Kier alpha value is -2.29. The number of hydrogen-bond acceptors (Lipinski definition) is 5. The van der Waals surface area contributed by atoms with E-state index in [1.54, 1.807) is 0 Å². The molecule has 0 bridgehead atoms. The van der Waals surface area contributed by atoms with Gasteiger partial charge in [-0.3, -0.25) is 4.72 Å². The van der Waals surface area contributed by atoms with Gasteiger partial charge in [-0.15, -0.1) is 0 Å². The van der Waals surface area contributed by atoms with E-state index in [4.69, 9.17) is 5.73 Å². The van der Waals surface area contributed by atoms with Crippen LogP contribution in [0.5, 0.6) is 0 Å². The summed E-state index contributed by atoms with van der Waals surface area (Å²) in [6, 6.07) is 1.11. The van der Waals surface area contributed by atoms with Gasteiger partial charge < -0.3 is 5.73 Å². The number of nitrogens with zero attached hydrogens (tertiary/aromatic N) is 2. The van der Waals surface area contributed by atoms with Crippen LogP contribution in [0.15, 0.2) is 35.7 Å². The van der Waals surface area contributed by atoms with E-state index in [9.17, 15) is 17.2 Å². The van der Waals surface area contributed by atoms with Crippen molar-refractivity contribution in [3.8, 4) is 0 Å². The molecule has 0 aliphatic rings. The van der Waals surface area contributed by atoms with Crippen LogP contribution in [-0.2, 0) is 10.0 Å². The molecule has 3 N–H and O–H groups in total. The smallest absolute Gasteiger partial charge is 0.264 e. The quantitative estimate of drug-likeness (QED) is 0.824. The molecule has 0 spiro atoms. The predicted molar refractivity (Wildman–Crippen MR) is 63.6 cm³/mol. The Bertz CT molecular complexity index is 707. The highest BCUT2D eigenvalue weighted by molar-refractivity contribution is 7.92. The van der Waals surface area contributed by atoms with Crippen LogP contribution < -0.4 is 10.5 Å². The summed E-state index contributed by atoms with van der Waals surface area (Å²) < 4.78 is 52.3. The largest absolute Gasteiger partial charge is 0.396 e. The molecule has 1 aromatic carbocycles. The number of nitrogens with one attached hydrogen (secondary N) is 1. The van der Waals surface area contributed by atoms with Gasteiger partial charge in [-0.1, -0.05) is 0 Å². The van der Waals surface area contributed by atoms with Gasteiger partial charge >= 0.3 is 0 Å². The Kier molecular flexibility index (Phi) is 3.30. The molecule has 0 amide bonds. The second-order valence-electron chi connectivity index (χ2n) is 3.54. The lowest BCUT2D eigenvalue weighted by Gasteiger charge is -2.09. The summed E-state index contributed by atoms with van der Waals surface area (Å²) in [4.78, 5) is 6.45. The molecule has 0 saturated carbocycles. The molecular weight excluding hydrogens is 278 g/mol. The van der Waals surface area contributed by atoms with E-state index in [0.29, 0.717) is 12.1 Å². The van der Waals surface area contributed by atoms with Gasteiger partial charge in [0.15, 0.2) is 0 Å². The lowest BCUT2D eigenvalue weighted by atomic mass is 10.3. The Morgan fingerprint density at radius 2 is 1.74 bits per heavy atom. The molecule has 0 atom stereocenters. The SMILES string of the molecule is Nc1cc(S(=O)(=O)Nc2cncnc2)c(F)cc1F. The highest BCUT2D eigenvalue weighted by Gasteiger charge is 2.21. The fraction of sp³-hybridized carbons (Fsp3) is 0. The van der Waals surface area contributed by atoms with Crippen LogP contribution in [0.3, 0.4) is 0 Å². The monoisotopic (exact) mass is 286 g/mol. The van der Waals surface area contributed by atoms with Crippen LogP contribution in [0.4, 0.5) is 20.2 Å². The van der Waals surface area contributed by atoms with Gasteiger partial charge in [0.05, 0.1) is 23.8 Å². The van der Waals surface area contributed by atoms with Crippen LogP contribution in [-0.4, -0.2) is 18.4 Å². The molecule has 100 valence electrons. The number of halogens is 2. The van der Waals surface area contributed by atoms with E-state index in [0.717, 1.165) is 0 Å². The number of benzene rings is 1. The normalized spacial score (nSPS) is 11.3. The minimum atomic E-state index is -4.23. The molecule has 0 radical (unpaired) electrons. The summed E-state index contributed by atoms with van der Waals surface area (Å²) in [6.07, 6.45) is 3.58. The molecule has 0 unspecified atom stereocenters. The topological polar surface area (TPSA) is 98.0 Å². The number of aromatic nitrogens is 2. The third-order valence-corrected chi connectivity index (χ3v) is 3.55. The number of rotatable bonds is 3. The molecular formula is C10H8F2N4O2S. The van der Waals surface area contributed by atoms with Crippen molar-refractivity contribution in [2.24, 2.45) is 0 Å². The molecule has 1 heterocycles. The number of nitrogen functional groups attached to an aromatic ring is 1. The molecule has 0 aliphatic carbocycles. The summed E-state index contributed by atoms with van der Waals surface area (Å²) in [5.74, 6) is -2.27. The van der Waals surface area contributed by atoms with E-state index < -0.39 is 32.2 Å². The zero-order valence-corrected chi connectivity index (χ0v) is 10.2. The minimum absolute atomic E-state index is 0.0461. The summed E-state index contributed by atoms with van der Waals surface area (Å²) >= 11 is 0. The van der Waals surface area contributed by atoms with Gasteiger partial charge in [0.1, 0.15) is 22.9 Å². The molecule has 0 aliphatic heterocycles. The highest BCUT2D eigenvalue weighted by atomic mass is 32.2. The van der Waals surface area contributed by atoms with Crippen molar-refractivity contribution < 1.29 is 17.2 Å². The summed E-state index contributed by atoms with van der Waals surface area (Å²) in [7, 11) is -4.23. The molecule has 6 nitrogen and oxygen atoms in total. The van der Waals surface area contributed by atoms with Crippen LogP contribution >= 0.6 is 0 Å². The maximum absolute atomic E-state index is 13.5. The van der Waals surface area contributed by atoms with Crippen molar-refractivity contribution in [2.75, 3.05) is 10.5 Å². The Labute approximate surface area is 107 Å². The van der Waals surface area contributed by atoms with Crippen molar-refractivity contribution in [3.63, 3.8) is 0 Å². The van der Waals surface area contributed by atoms with Crippen LogP contribution in [0, 0.1) is 11.6 Å². The first kappa shape index (κ1) is 13.1. The first-order valence-corrected chi connectivity index (χ1v) is 6.41. The zero-order valence-electron chi connectivity index (χ0n) is 9.34. The number of anilines is 2. The lowest BCUT2D eigenvalue weighted by Crippen LogP contribution is -2.15. The van der Waals surface area contributed by atoms with Crippen molar-refractivity contribution in [2.45, 2.75) is 4.90 Å². The molecule has 2 rings (SSSR count). The zero-order chi connectivity index (χ0) is 14.0. The Morgan fingerprint density at radius 1 is 1.11 bits per heavy atom. The molecule has 19 heavy (non-hydrogen) atoms. The van der Waals surface area contributed by atoms with Crippen molar-refractivity contribution in [3.05, 3.63) is 42.5 Å². The fourth-order valence-electron chi connectivity index (χ4n) is 1.31. The third kappa shape index (κ3) is 2.76. The predicted octanol–water partition coefficient (Wildman–Crippen LogP) is 1.14. The third-order valence-electron chi connectivity index (χ3n) is 2.15. The average molecular weight is 286 g/mol. The van der Waals surface area contributed by atoms with E-state index in [-0.39, 0.29) is 5.69 Å². The second kappa shape index (κ2) is 4.76. The van der Waals surface area contributed by atoms with Crippen LogP contribution in [0.2, 0.25) is 0 Å². The summed E-state index contributed by atoms with van der Waals surface area (Å²) in [5, 5.41) is 0. The van der Waals surface area contributed by atoms with E-state index >= 15 is 0 Å². The lowest BCUT2D eigenvalue weighted by molar-refractivity contribution is 0.553. The van der Waals surface area contributed by atoms with Gasteiger partial charge in [-0.05, 0) is 6.07 Å². The number of nitrogens with two attached hydrogens (primary N) is 1. The van der Waals surface area contributed by atoms with Gasteiger partial charge in [0.2, 0.25) is 0 Å². The average Bonchev–Trinajstić information content (AvgIpc) is 2.34. The molecule has 0 saturated heterocycles. The maximum Gasteiger partial charge on any atom is 0.264 e. The van der Waals surface area contributed by atoms with E-state index in [1.807, 2.05) is 0 Å². The van der Waals surface area contributed by atoms with Crippen molar-refractivity contribution in [1.82, 2.24) is 9.97 Å². The van der Waals surface area contributed by atoms with Gasteiger partial charge in [0, 0.05) is 6.07 Å². The van der Waals surface area contributed by atoms with Crippen LogP contribution in [0.25, 0.3) is 0 Å². The van der Waals surface area contributed by atoms with Crippen molar-refractivity contribution in [1.29, 1.82) is 0 Å². The maximum atomic E-state index is 13.5. The van der Waals surface area contributed by atoms with E-state index in [2.05, 4.69) is 14.7 Å². The Morgan fingerprint density at radius 3 is 2.37 bits per heavy atom. The van der Waals surface area contributed by atoms with Gasteiger partial charge in [0.25, 0.3) is 10.0 Å².